The number of hydrogen-bond acceptors (Lipinski definition) is 5. The van der Waals surface area contributed by atoms with Gasteiger partial charge in [-0.15, -0.1) is 0 Å². The normalized spacial score (nSPS) is 11.1. The summed E-state index contributed by atoms with van der Waals surface area (Å²) in [6.45, 7) is 2.32. The molecule has 3 N–H and O–H groups in total. The summed E-state index contributed by atoms with van der Waals surface area (Å²) in [5.41, 5.74) is 8.87. The third kappa shape index (κ3) is 4.40. The van der Waals surface area contributed by atoms with Crippen molar-refractivity contribution >= 4 is 54.3 Å². The molecule has 0 atom stereocenters. The third-order valence-corrected chi connectivity index (χ3v) is 6.44. The summed E-state index contributed by atoms with van der Waals surface area (Å²) >= 11 is 6.80. The third-order valence-electron chi connectivity index (χ3n) is 5.13. The minimum atomic E-state index is -0.203. The molecule has 164 valence electrons. The molecule has 5 nitrogen and oxygen atoms in total. The zero-order valence-corrected chi connectivity index (χ0v) is 20.5. The van der Waals surface area contributed by atoms with Crippen molar-refractivity contribution in [2.24, 2.45) is 0 Å². The second-order valence-electron chi connectivity index (χ2n) is 7.42. The van der Waals surface area contributed by atoms with E-state index in [0.717, 1.165) is 12.0 Å². The topological polar surface area (TPSA) is 85.7 Å². The lowest BCUT2D eigenvalue weighted by Crippen LogP contribution is -2.05. The van der Waals surface area contributed by atoms with E-state index in [0.29, 0.717) is 61.3 Å². The largest absolute Gasteiger partial charge is 0.504 e. The van der Waals surface area contributed by atoms with Crippen LogP contribution in [-0.2, 0) is 13.0 Å². The lowest BCUT2D eigenvalue weighted by atomic mass is 9.98. The number of carbonyl (C=O) groups is 1. The van der Waals surface area contributed by atoms with Crippen molar-refractivity contribution in [1.82, 2.24) is 0 Å². The number of furan rings is 1. The van der Waals surface area contributed by atoms with E-state index < -0.39 is 0 Å². The highest BCUT2D eigenvalue weighted by Crippen LogP contribution is 2.38. The van der Waals surface area contributed by atoms with Gasteiger partial charge < -0.3 is 20.0 Å². The molecule has 1 heterocycles. The molecule has 0 aliphatic rings. The first kappa shape index (κ1) is 22.4. The number of nitrogens with two attached hydrogens (primary N) is 1. The number of aromatic hydroxyl groups is 1. The highest BCUT2D eigenvalue weighted by Gasteiger charge is 2.24. The first-order valence-electron chi connectivity index (χ1n) is 10.1. The van der Waals surface area contributed by atoms with Gasteiger partial charge in [0.15, 0.2) is 17.3 Å². The molecule has 0 aliphatic carbocycles. The Morgan fingerprint density at radius 3 is 2.44 bits per heavy atom. The molecule has 0 fully saturated rings. The summed E-state index contributed by atoms with van der Waals surface area (Å²) in [5.74, 6) is 0.628. The Hall–Kier alpha value is -2.77. The minimum absolute atomic E-state index is 0.0500. The van der Waals surface area contributed by atoms with Gasteiger partial charge in [0.2, 0.25) is 0 Å². The van der Waals surface area contributed by atoms with Crippen LogP contribution in [0.15, 0.2) is 68.0 Å². The van der Waals surface area contributed by atoms with Crippen molar-refractivity contribution in [2.75, 3.05) is 5.73 Å². The fraction of sp³-hybridized carbons (Fsp3) is 0.160. The van der Waals surface area contributed by atoms with Gasteiger partial charge in [0.05, 0.1) is 11.3 Å². The number of ketones is 1. The smallest absolute Gasteiger partial charge is 0.197 e. The molecule has 1 aromatic heterocycles. The first-order chi connectivity index (χ1) is 15.4. The van der Waals surface area contributed by atoms with Gasteiger partial charge in [-0.25, -0.2) is 0 Å². The number of rotatable bonds is 7. The number of hydrogen-bond donors (Lipinski definition) is 2. The summed E-state index contributed by atoms with van der Waals surface area (Å²) in [7, 11) is 0. The van der Waals surface area contributed by atoms with Gasteiger partial charge in [-0.2, -0.15) is 0 Å². The highest BCUT2D eigenvalue weighted by molar-refractivity contribution is 9.11. The number of fused-ring (bicyclic) bond motifs is 1. The summed E-state index contributed by atoms with van der Waals surface area (Å²) in [6.07, 6.45) is 1.40. The first-order valence-corrected chi connectivity index (χ1v) is 11.7. The van der Waals surface area contributed by atoms with E-state index in [-0.39, 0.29) is 11.5 Å². The van der Waals surface area contributed by atoms with Gasteiger partial charge >= 0.3 is 0 Å². The molecule has 4 aromatic rings. The van der Waals surface area contributed by atoms with Crippen molar-refractivity contribution in [3.05, 3.63) is 86.0 Å². The Bertz CT molecular complexity index is 1280. The Morgan fingerprint density at radius 1 is 1.09 bits per heavy atom. The van der Waals surface area contributed by atoms with Crippen LogP contribution in [0.3, 0.4) is 0 Å². The molecule has 0 aliphatic heterocycles. The van der Waals surface area contributed by atoms with Crippen LogP contribution in [0.4, 0.5) is 5.69 Å². The number of phenolic OH excluding ortho intramolecular Hbond substituents is 1. The molecular weight excluding hydrogens is 538 g/mol. The van der Waals surface area contributed by atoms with Gasteiger partial charge in [0, 0.05) is 32.4 Å². The zero-order chi connectivity index (χ0) is 22.8. The predicted octanol–water partition coefficient (Wildman–Crippen LogP) is 7.01. The van der Waals surface area contributed by atoms with E-state index in [9.17, 15) is 9.90 Å². The molecule has 7 heteroatoms. The van der Waals surface area contributed by atoms with Gasteiger partial charge in [-0.05, 0) is 62.0 Å². The number of carbonyl (C=O) groups excluding carboxylic acids is 1. The van der Waals surface area contributed by atoms with Crippen molar-refractivity contribution in [3.8, 4) is 11.5 Å². The average molecular weight is 559 g/mol. The maximum absolute atomic E-state index is 13.5. The summed E-state index contributed by atoms with van der Waals surface area (Å²) < 4.78 is 13.1. The summed E-state index contributed by atoms with van der Waals surface area (Å²) in [4.78, 5) is 13.5. The Labute approximate surface area is 202 Å². The molecule has 0 saturated carbocycles. The van der Waals surface area contributed by atoms with Crippen LogP contribution in [0.5, 0.6) is 11.5 Å². The minimum Gasteiger partial charge on any atom is -0.504 e. The van der Waals surface area contributed by atoms with E-state index in [2.05, 4.69) is 31.9 Å². The number of ether oxygens (including phenoxy) is 1. The fourth-order valence-electron chi connectivity index (χ4n) is 3.53. The van der Waals surface area contributed by atoms with Crippen molar-refractivity contribution in [2.45, 2.75) is 26.4 Å². The van der Waals surface area contributed by atoms with E-state index in [1.807, 2.05) is 37.3 Å². The molecular formula is C25H21Br2NO4. The number of halogens is 2. The van der Waals surface area contributed by atoms with E-state index >= 15 is 0 Å². The van der Waals surface area contributed by atoms with Gasteiger partial charge in [-0.1, -0.05) is 37.3 Å². The number of nitrogen functional groups attached to an aromatic ring is 1. The molecule has 0 radical (unpaired) electrons. The molecule has 0 unspecified atom stereocenters. The van der Waals surface area contributed by atoms with Crippen molar-refractivity contribution in [3.63, 3.8) is 0 Å². The van der Waals surface area contributed by atoms with Gasteiger partial charge in [-0.3, -0.25) is 4.79 Å². The van der Waals surface area contributed by atoms with E-state index in [1.165, 1.54) is 6.07 Å². The van der Waals surface area contributed by atoms with Gasteiger partial charge in [0.25, 0.3) is 0 Å². The quantitative estimate of drug-likeness (QED) is 0.188. The maximum Gasteiger partial charge on any atom is 0.197 e. The monoisotopic (exact) mass is 557 g/mol. The SMILES string of the molecule is CCCc1oc2cc(OCc3ccccc3)c(O)cc2c1C(=O)c1cc(Br)c(N)c(Br)c1. The maximum atomic E-state index is 13.5. The molecule has 4 rings (SSSR count). The molecule has 0 amide bonds. The Balaban J connectivity index is 1.76. The van der Waals surface area contributed by atoms with Crippen LogP contribution in [-0.4, -0.2) is 10.9 Å². The average Bonchev–Trinajstić information content (AvgIpc) is 3.12. The van der Waals surface area contributed by atoms with Crippen LogP contribution >= 0.6 is 31.9 Å². The zero-order valence-electron chi connectivity index (χ0n) is 17.3. The molecule has 0 saturated heterocycles. The van der Waals surface area contributed by atoms with Crippen LogP contribution in [0, 0.1) is 0 Å². The number of benzene rings is 3. The van der Waals surface area contributed by atoms with Crippen LogP contribution < -0.4 is 10.5 Å². The number of aryl methyl sites for hydroxylation is 1. The Kier molecular flexibility index (Phi) is 6.58. The second-order valence-corrected chi connectivity index (χ2v) is 9.13. The molecule has 32 heavy (non-hydrogen) atoms. The fourth-order valence-corrected chi connectivity index (χ4v) is 4.71. The molecule has 0 spiro atoms. The highest BCUT2D eigenvalue weighted by atomic mass is 79.9. The number of anilines is 1. The molecule has 0 bridgehead atoms. The van der Waals surface area contributed by atoms with Gasteiger partial charge in [0.1, 0.15) is 18.0 Å². The summed E-state index contributed by atoms with van der Waals surface area (Å²) in [6, 6.07) is 16.2. The second kappa shape index (κ2) is 9.38. The standard InChI is InChI=1S/C25H21Br2NO4/c1-2-6-20-23(25(30)15-9-17(26)24(28)18(27)10-15)16-11-19(29)22(12-21(16)32-20)31-13-14-7-4-3-5-8-14/h3-5,7-12,29H,2,6,13,28H2,1H3. The van der Waals surface area contributed by atoms with Crippen LogP contribution in [0.25, 0.3) is 11.0 Å². The molecule has 3 aromatic carbocycles. The van der Waals surface area contributed by atoms with E-state index in [1.54, 1.807) is 18.2 Å². The van der Waals surface area contributed by atoms with E-state index in [4.69, 9.17) is 14.9 Å². The number of phenols is 1. The lowest BCUT2D eigenvalue weighted by Gasteiger charge is -2.09. The summed E-state index contributed by atoms with van der Waals surface area (Å²) in [5, 5.41) is 11.2. The van der Waals surface area contributed by atoms with Crippen molar-refractivity contribution in [1.29, 1.82) is 0 Å². The predicted molar refractivity (Wildman–Crippen MR) is 132 cm³/mol. The lowest BCUT2D eigenvalue weighted by molar-refractivity contribution is 0.103. The van der Waals surface area contributed by atoms with Crippen LogP contribution in [0.2, 0.25) is 0 Å². The Morgan fingerprint density at radius 2 is 1.78 bits per heavy atom. The van der Waals surface area contributed by atoms with Crippen molar-refractivity contribution < 1.29 is 19.1 Å². The van der Waals surface area contributed by atoms with Crippen LogP contribution in [0.1, 0.15) is 40.6 Å².